The van der Waals surface area contributed by atoms with Crippen molar-refractivity contribution < 1.29 is 8.42 Å². The highest BCUT2D eigenvalue weighted by atomic mass is 32.2. The van der Waals surface area contributed by atoms with E-state index in [2.05, 4.69) is 0 Å². The first-order valence-corrected chi connectivity index (χ1v) is 6.87. The Labute approximate surface area is 110 Å². The largest absolute Gasteiger partial charge is 0.397 e. The molecule has 8 N–H and O–H groups in total. The maximum absolute atomic E-state index is 12.5. The standard InChI is InChI=1S/C12H14N4O2S/c13-7-3-1-5-9(11(7)15)19(17,18)10-6-2-4-8(14)12(10)16/h1-6H,13-16H2. The van der Waals surface area contributed by atoms with Crippen LogP contribution in [0.25, 0.3) is 0 Å². The van der Waals surface area contributed by atoms with Gasteiger partial charge in [-0.3, -0.25) is 0 Å². The van der Waals surface area contributed by atoms with Gasteiger partial charge in [-0.05, 0) is 24.3 Å². The third-order valence-electron chi connectivity index (χ3n) is 2.78. The zero-order chi connectivity index (χ0) is 14.2. The summed E-state index contributed by atoms with van der Waals surface area (Å²) < 4.78 is 25.0. The van der Waals surface area contributed by atoms with E-state index in [0.29, 0.717) is 0 Å². The van der Waals surface area contributed by atoms with E-state index in [0.717, 1.165) is 0 Å². The van der Waals surface area contributed by atoms with Gasteiger partial charge in [-0.2, -0.15) is 0 Å². The second-order valence-corrected chi connectivity index (χ2v) is 5.91. The molecule has 0 unspecified atom stereocenters. The molecular weight excluding hydrogens is 264 g/mol. The van der Waals surface area contributed by atoms with Gasteiger partial charge in [0.05, 0.1) is 32.5 Å². The number of hydrogen-bond donors (Lipinski definition) is 4. The van der Waals surface area contributed by atoms with E-state index in [4.69, 9.17) is 22.9 Å². The summed E-state index contributed by atoms with van der Waals surface area (Å²) >= 11 is 0. The second kappa shape index (κ2) is 4.36. The Morgan fingerprint density at radius 2 is 1.05 bits per heavy atom. The minimum Gasteiger partial charge on any atom is -0.397 e. The minimum absolute atomic E-state index is 0.00400. The first kappa shape index (κ1) is 13.0. The fourth-order valence-corrected chi connectivity index (χ4v) is 3.28. The summed E-state index contributed by atoms with van der Waals surface area (Å²) in [6.45, 7) is 0. The maximum Gasteiger partial charge on any atom is 0.210 e. The van der Waals surface area contributed by atoms with Crippen LogP contribution >= 0.6 is 0 Å². The average molecular weight is 278 g/mol. The Morgan fingerprint density at radius 1 is 0.684 bits per heavy atom. The fourth-order valence-electron chi connectivity index (χ4n) is 1.71. The number of nitrogens with two attached hydrogens (primary N) is 4. The highest BCUT2D eigenvalue weighted by molar-refractivity contribution is 7.91. The van der Waals surface area contributed by atoms with Crippen LogP contribution in [0.4, 0.5) is 22.7 Å². The Kier molecular flexibility index (Phi) is 2.99. The third-order valence-corrected chi connectivity index (χ3v) is 4.65. The van der Waals surface area contributed by atoms with Gasteiger partial charge in [-0.25, -0.2) is 8.42 Å². The topological polar surface area (TPSA) is 138 Å². The van der Waals surface area contributed by atoms with Crippen molar-refractivity contribution in [1.82, 2.24) is 0 Å². The molecule has 0 aliphatic carbocycles. The number of sulfone groups is 1. The molecule has 0 spiro atoms. The summed E-state index contributed by atoms with van der Waals surface area (Å²) in [7, 11) is -3.86. The summed E-state index contributed by atoms with van der Waals surface area (Å²) in [5, 5.41) is 0. The van der Waals surface area contributed by atoms with Crippen molar-refractivity contribution in [1.29, 1.82) is 0 Å². The SMILES string of the molecule is Nc1cccc(S(=O)(=O)c2cccc(N)c2N)c1N. The third kappa shape index (κ3) is 2.04. The first-order chi connectivity index (χ1) is 8.85. The quantitative estimate of drug-likeness (QED) is 0.601. The van der Waals surface area contributed by atoms with Crippen LogP contribution in [0.5, 0.6) is 0 Å². The fraction of sp³-hybridized carbons (Fsp3) is 0. The van der Waals surface area contributed by atoms with Crippen molar-refractivity contribution in [3.05, 3.63) is 36.4 Å². The molecule has 0 radical (unpaired) electrons. The van der Waals surface area contributed by atoms with Crippen LogP contribution in [0.1, 0.15) is 0 Å². The van der Waals surface area contributed by atoms with E-state index in [1.807, 2.05) is 0 Å². The molecule has 7 heteroatoms. The van der Waals surface area contributed by atoms with Gasteiger partial charge in [0, 0.05) is 0 Å². The summed E-state index contributed by atoms with van der Waals surface area (Å²) in [5.41, 5.74) is 23.1. The van der Waals surface area contributed by atoms with Crippen LogP contribution in [0.2, 0.25) is 0 Å². The lowest BCUT2D eigenvalue weighted by atomic mass is 10.3. The first-order valence-electron chi connectivity index (χ1n) is 5.38. The maximum atomic E-state index is 12.5. The predicted molar refractivity (Wildman–Crippen MR) is 76.0 cm³/mol. The van der Waals surface area contributed by atoms with Crippen molar-refractivity contribution in [2.75, 3.05) is 22.9 Å². The lowest BCUT2D eigenvalue weighted by Crippen LogP contribution is -2.10. The molecule has 0 saturated heterocycles. The van der Waals surface area contributed by atoms with Crippen molar-refractivity contribution in [2.45, 2.75) is 9.79 Å². The Hall–Kier alpha value is -2.41. The van der Waals surface area contributed by atoms with E-state index in [1.165, 1.54) is 36.4 Å². The van der Waals surface area contributed by atoms with Gasteiger partial charge in [0.15, 0.2) is 0 Å². The highest BCUT2D eigenvalue weighted by Gasteiger charge is 2.24. The van der Waals surface area contributed by atoms with Crippen molar-refractivity contribution in [3.8, 4) is 0 Å². The lowest BCUT2D eigenvalue weighted by molar-refractivity contribution is 0.597. The normalized spacial score (nSPS) is 11.4. The van der Waals surface area contributed by atoms with Crippen molar-refractivity contribution in [3.63, 3.8) is 0 Å². The van der Waals surface area contributed by atoms with E-state index in [1.54, 1.807) is 0 Å². The van der Waals surface area contributed by atoms with Crippen LogP contribution in [0, 0.1) is 0 Å². The van der Waals surface area contributed by atoms with Gasteiger partial charge < -0.3 is 22.9 Å². The Morgan fingerprint density at radius 3 is 1.42 bits per heavy atom. The monoisotopic (exact) mass is 278 g/mol. The van der Waals surface area contributed by atoms with Crippen LogP contribution < -0.4 is 22.9 Å². The average Bonchev–Trinajstić information content (AvgIpc) is 2.35. The van der Waals surface area contributed by atoms with Crippen LogP contribution in [-0.2, 0) is 9.84 Å². The van der Waals surface area contributed by atoms with E-state index >= 15 is 0 Å². The van der Waals surface area contributed by atoms with E-state index < -0.39 is 9.84 Å². The number of rotatable bonds is 2. The van der Waals surface area contributed by atoms with Crippen molar-refractivity contribution >= 4 is 32.6 Å². The molecule has 0 aromatic heterocycles. The molecule has 0 amide bonds. The highest BCUT2D eigenvalue weighted by Crippen LogP contribution is 2.33. The molecule has 6 nitrogen and oxygen atoms in total. The zero-order valence-electron chi connectivity index (χ0n) is 10.00. The Bertz CT molecular complexity index is 684. The molecule has 19 heavy (non-hydrogen) atoms. The summed E-state index contributed by atoms with van der Waals surface area (Å²) in [5.74, 6) is 0. The zero-order valence-corrected chi connectivity index (χ0v) is 10.8. The van der Waals surface area contributed by atoms with Gasteiger partial charge >= 0.3 is 0 Å². The molecule has 0 atom stereocenters. The molecule has 0 saturated carbocycles. The van der Waals surface area contributed by atoms with E-state index in [9.17, 15) is 8.42 Å². The van der Waals surface area contributed by atoms with Gasteiger partial charge in [0.2, 0.25) is 9.84 Å². The molecule has 0 fully saturated rings. The molecule has 0 aliphatic heterocycles. The van der Waals surface area contributed by atoms with Crippen molar-refractivity contribution in [2.24, 2.45) is 0 Å². The van der Waals surface area contributed by atoms with Gasteiger partial charge in [0.1, 0.15) is 0 Å². The molecular formula is C12H14N4O2S. The summed E-state index contributed by atoms with van der Waals surface area (Å²) in [4.78, 5) is -0.158. The molecule has 2 aromatic carbocycles. The molecule has 0 heterocycles. The molecule has 2 rings (SSSR count). The number of nitrogen functional groups attached to an aromatic ring is 4. The number of anilines is 4. The number of para-hydroxylation sites is 2. The minimum atomic E-state index is -3.86. The molecule has 0 bridgehead atoms. The van der Waals surface area contributed by atoms with E-state index in [-0.39, 0.29) is 32.5 Å². The van der Waals surface area contributed by atoms with Gasteiger partial charge in [-0.1, -0.05) is 12.1 Å². The number of hydrogen-bond acceptors (Lipinski definition) is 6. The number of benzene rings is 2. The van der Waals surface area contributed by atoms with Crippen LogP contribution in [0.15, 0.2) is 46.2 Å². The van der Waals surface area contributed by atoms with Crippen LogP contribution in [-0.4, -0.2) is 8.42 Å². The molecule has 2 aromatic rings. The molecule has 100 valence electrons. The van der Waals surface area contributed by atoms with Crippen LogP contribution in [0.3, 0.4) is 0 Å². The van der Waals surface area contributed by atoms with Gasteiger partial charge in [-0.15, -0.1) is 0 Å². The van der Waals surface area contributed by atoms with Gasteiger partial charge in [0.25, 0.3) is 0 Å². The predicted octanol–water partition coefficient (Wildman–Crippen LogP) is 0.848. The summed E-state index contributed by atoms with van der Waals surface area (Å²) in [6, 6.07) is 8.84. The lowest BCUT2D eigenvalue weighted by Gasteiger charge is -2.12. The molecule has 0 aliphatic rings. The second-order valence-electron chi connectivity index (χ2n) is 4.02. The smallest absolute Gasteiger partial charge is 0.210 e. The summed E-state index contributed by atoms with van der Waals surface area (Å²) in [6.07, 6.45) is 0. The Balaban J connectivity index is 2.73.